The van der Waals surface area contributed by atoms with E-state index in [1.54, 1.807) is 6.92 Å². The van der Waals surface area contributed by atoms with Gasteiger partial charge in [0.1, 0.15) is 0 Å². The monoisotopic (exact) mass is 150 g/mol. The molecule has 1 atom stereocenters. The van der Waals surface area contributed by atoms with E-state index in [9.17, 15) is 4.57 Å². The maximum Gasteiger partial charge on any atom is 0.319 e. The molecule has 0 aromatic rings. The second-order valence-corrected chi connectivity index (χ2v) is 2.36. The molecule has 0 aromatic carbocycles. The smallest absolute Gasteiger partial charge is 0.311 e. The Hall–Kier alpha value is -0.110. The van der Waals surface area contributed by atoms with Crippen LogP contribution in [0.15, 0.2) is 12.7 Å². The summed E-state index contributed by atoms with van der Waals surface area (Å²) in [6, 6.07) is 0. The van der Waals surface area contributed by atoms with Crippen LogP contribution in [0.5, 0.6) is 0 Å². The zero-order chi connectivity index (χ0) is 7.11. The summed E-state index contributed by atoms with van der Waals surface area (Å²) < 4.78 is 19.8. The van der Waals surface area contributed by atoms with E-state index in [4.69, 9.17) is 0 Å². The maximum atomic E-state index is 10.5. The molecule has 0 saturated carbocycles. The van der Waals surface area contributed by atoms with Gasteiger partial charge in [-0.2, -0.15) is 0 Å². The van der Waals surface area contributed by atoms with Crippen molar-refractivity contribution in [1.29, 1.82) is 0 Å². The number of rotatable bonds is 5. The second-order valence-electron chi connectivity index (χ2n) is 1.28. The molecule has 0 aromatic heterocycles. The van der Waals surface area contributed by atoms with Crippen molar-refractivity contribution in [2.45, 2.75) is 6.92 Å². The molecule has 0 fully saturated rings. The Balaban J connectivity index is 3.16. The molecule has 0 N–H and O–H groups in total. The highest BCUT2D eigenvalue weighted by atomic mass is 31.1. The minimum atomic E-state index is -2.22. The first kappa shape index (κ1) is 8.89. The summed E-state index contributed by atoms with van der Waals surface area (Å²) >= 11 is 0. The zero-order valence-electron chi connectivity index (χ0n) is 5.42. The van der Waals surface area contributed by atoms with Gasteiger partial charge in [0.2, 0.25) is 0 Å². The van der Waals surface area contributed by atoms with E-state index in [1.807, 2.05) is 0 Å². The van der Waals surface area contributed by atoms with Crippen LogP contribution in [0.3, 0.4) is 0 Å². The lowest BCUT2D eigenvalue weighted by Gasteiger charge is -1.98. The first-order chi connectivity index (χ1) is 4.31. The molecule has 0 aliphatic heterocycles. The third-order valence-electron chi connectivity index (χ3n) is 0.581. The minimum absolute atomic E-state index is 0.289. The van der Waals surface area contributed by atoms with Crippen LogP contribution in [0.4, 0.5) is 0 Å². The van der Waals surface area contributed by atoms with Crippen molar-refractivity contribution >= 4 is 8.25 Å². The Morgan fingerprint density at radius 1 is 1.67 bits per heavy atom. The highest BCUT2D eigenvalue weighted by Gasteiger charge is 1.92. The Bertz CT molecular complexity index is 102. The quantitative estimate of drug-likeness (QED) is 0.441. The highest BCUT2D eigenvalue weighted by Crippen LogP contribution is 2.22. The number of hydrogen-bond donors (Lipinski definition) is 0. The lowest BCUT2D eigenvalue weighted by molar-refractivity contribution is 0.252. The van der Waals surface area contributed by atoms with Gasteiger partial charge in [0.25, 0.3) is 0 Å². The van der Waals surface area contributed by atoms with E-state index < -0.39 is 8.25 Å². The number of hydrogen-bond acceptors (Lipinski definition) is 3. The van der Waals surface area contributed by atoms with Gasteiger partial charge < -0.3 is 9.05 Å². The van der Waals surface area contributed by atoms with E-state index in [2.05, 4.69) is 15.6 Å². The van der Waals surface area contributed by atoms with E-state index >= 15 is 0 Å². The topological polar surface area (TPSA) is 35.5 Å². The SMILES string of the molecule is C=CCO[PH](=O)OCC. The fourth-order valence-corrected chi connectivity index (χ4v) is 0.859. The predicted molar refractivity (Wildman–Crippen MR) is 36.8 cm³/mol. The Morgan fingerprint density at radius 3 is 2.78 bits per heavy atom. The van der Waals surface area contributed by atoms with Gasteiger partial charge in [0.05, 0.1) is 13.2 Å². The van der Waals surface area contributed by atoms with Gasteiger partial charge in [0, 0.05) is 0 Å². The summed E-state index contributed by atoms with van der Waals surface area (Å²) in [5, 5.41) is 0. The van der Waals surface area contributed by atoms with E-state index in [0.717, 1.165) is 0 Å². The average Bonchev–Trinajstić information content (AvgIpc) is 1.85. The fraction of sp³-hybridized carbons (Fsp3) is 0.600. The lowest BCUT2D eigenvalue weighted by atomic mass is 10.7. The molecule has 54 valence electrons. The van der Waals surface area contributed by atoms with Crippen LogP contribution < -0.4 is 0 Å². The van der Waals surface area contributed by atoms with Crippen LogP contribution in [0.1, 0.15) is 6.92 Å². The van der Waals surface area contributed by atoms with Gasteiger partial charge in [-0.15, -0.1) is 6.58 Å². The molecule has 0 aliphatic carbocycles. The molecule has 0 bridgehead atoms. The molecule has 0 amide bonds. The molecule has 0 radical (unpaired) electrons. The van der Waals surface area contributed by atoms with Gasteiger partial charge in [-0.1, -0.05) is 6.08 Å². The average molecular weight is 150 g/mol. The van der Waals surface area contributed by atoms with Crippen molar-refractivity contribution in [2.24, 2.45) is 0 Å². The van der Waals surface area contributed by atoms with E-state index in [-0.39, 0.29) is 6.61 Å². The molecule has 0 spiro atoms. The standard InChI is InChI=1S/C5H11O3P/c1-3-5-8-9(6)7-4-2/h3,9H,1,4-5H2,2H3. The van der Waals surface area contributed by atoms with Crippen molar-refractivity contribution in [3.63, 3.8) is 0 Å². The molecule has 0 aliphatic rings. The van der Waals surface area contributed by atoms with Gasteiger partial charge in [-0.3, -0.25) is 4.57 Å². The van der Waals surface area contributed by atoms with Crippen molar-refractivity contribution in [3.05, 3.63) is 12.7 Å². The molecule has 4 heteroatoms. The lowest BCUT2D eigenvalue weighted by Crippen LogP contribution is -1.83. The summed E-state index contributed by atoms with van der Waals surface area (Å²) in [4.78, 5) is 0. The molecule has 0 heterocycles. The minimum Gasteiger partial charge on any atom is -0.311 e. The molecular formula is C5H11O3P. The Morgan fingerprint density at radius 2 is 2.33 bits per heavy atom. The van der Waals surface area contributed by atoms with Crippen molar-refractivity contribution in [2.75, 3.05) is 13.2 Å². The van der Waals surface area contributed by atoms with Gasteiger partial charge >= 0.3 is 8.25 Å². The van der Waals surface area contributed by atoms with Crippen LogP contribution >= 0.6 is 8.25 Å². The normalized spacial score (nSPS) is 13.0. The van der Waals surface area contributed by atoms with Crippen molar-refractivity contribution < 1.29 is 13.6 Å². The summed E-state index contributed by atoms with van der Waals surface area (Å²) in [5.41, 5.74) is 0. The molecule has 3 nitrogen and oxygen atoms in total. The first-order valence-corrected chi connectivity index (χ1v) is 3.94. The van der Waals surface area contributed by atoms with Crippen molar-refractivity contribution in [1.82, 2.24) is 0 Å². The molecule has 0 saturated heterocycles. The third-order valence-corrected chi connectivity index (χ3v) is 1.51. The fourth-order valence-electron chi connectivity index (χ4n) is 0.286. The van der Waals surface area contributed by atoms with Crippen LogP contribution in [0, 0.1) is 0 Å². The van der Waals surface area contributed by atoms with Crippen LogP contribution in [-0.4, -0.2) is 13.2 Å². The summed E-state index contributed by atoms with van der Waals surface area (Å²) in [7, 11) is -2.22. The third kappa shape index (κ3) is 5.77. The van der Waals surface area contributed by atoms with E-state index in [1.165, 1.54) is 6.08 Å². The van der Waals surface area contributed by atoms with E-state index in [0.29, 0.717) is 6.61 Å². The first-order valence-electron chi connectivity index (χ1n) is 2.71. The van der Waals surface area contributed by atoms with Crippen LogP contribution in [0.2, 0.25) is 0 Å². The highest BCUT2D eigenvalue weighted by molar-refractivity contribution is 7.33. The van der Waals surface area contributed by atoms with Crippen LogP contribution in [-0.2, 0) is 13.6 Å². The summed E-state index contributed by atoms with van der Waals surface area (Å²) in [6.45, 7) is 5.87. The Labute approximate surface area is 55.6 Å². The van der Waals surface area contributed by atoms with Gasteiger partial charge in [-0.25, -0.2) is 0 Å². The van der Waals surface area contributed by atoms with Gasteiger partial charge in [0.15, 0.2) is 0 Å². The molecule has 9 heavy (non-hydrogen) atoms. The van der Waals surface area contributed by atoms with Gasteiger partial charge in [-0.05, 0) is 6.92 Å². The molecule has 1 unspecified atom stereocenters. The second kappa shape index (κ2) is 6.02. The zero-order valence-corrected chi connectivity index (χ0v) is 6.42. The van der Waals surface area contributed by atoms with Crippen LogP contribution in [0.25, 0.3) is 0 Å². The largest absolute Gasteiger partial charge is 0.319 e. The Kier molecular flexibility index (Phi) is 5.94. The molecule has 0 rings (SSSR count). The summed E-state index contributed by atoms with van der Waals surface area (Å²) in [6.07, 6.45) is 1.53. The predicted octanol–water partition coefficient (Wildman–Crippen LogP) is 1.62. The summed E-state index contributed by atoms with van der Waals surface area (Å²) in [5.74, 6) is 0. The molecular weight excluding hydrogens is 139 g/mol. The maximum absolute atomic E-state index is 10.5. The van der Waals surface area contributed by atoms with Crippen molar-refractivity contribution in [3.8, 4) is 0 Å².